The molecule has 1 nitrogen and oxygen atoms in total. The van der Waals surface area contributed by atoms with Crippen molar-refractivity contribution in [1.82, 2.24) is 4.98 Å². The third-order valence-corrected chi connectivity index (χ3v) is 9.87. The first kappa shape index (κ1) is 9.23. The highest BCUT2D eigenvalue weighted by Crippen LogP contribution is 2.96. The van der Waals surface area contributed by atoms with Gasteiger partial charge in [-0.2, -0.15) is 0 Å². The molecule has 0 amide bonds. The number of hydrogen-bond acceptors (Lipinski definition) is 1. The summed E-state index contributed by atoms with van der Waals surface area (Å²) in [6.45, 7) is 0. The summed E-state index contributed by atoms with van der Waals surface area (Å²) in [5.74, 6) is 12.5. The summed E-state index contributed by atoms with van der Waals surface area (Å²) in [4.78, 5) is 4.95. The second-order valence-electron chi connectivity index (χ2n) is 9.16. The normalized spacial score (nSPS) is 74.3. The molecule has 0 aromatic carbocycles. The van der Waals surface area contributed by atoms with Crippen LogP contribution in [0.1, 0.15) is 18.5 Å². The minimum Gasteiger partial charge on any atom is -0.261 e. The molecule has 0 aliphatic heterocycles. The van der Waals surface area contributed by atoms with Gasteiger partial charge in [-0.15, -0.1) is 0 Å². The van der Waals surface area contributed by atoms with E-state index in [9.17, 15) is 0 Å². The van der Waals surface area contributed by atoms with E-state index in [0.717, 1.165) is 47.3 Å². The van der Waals surface area contributed by atoms with Crippen LogP contribution in [0.2, 0.25) is 0 Å². The number of aromatic nitrogens is 1. The van der Waals surface area contributed by atoms with E-state index in [0.29, 0.717) is 5.41 Å². The first-order valence-corrected chi connectivity index (χ1v) is 8.85. The molecule has 1 heterocycles. The van der Waals surface area contributed by atoms with E-state index in [1.54, 1.807) is 12.8 Å². The van der Waals surface area contributed by atoms with E-state index in [1.165, 1.54) is 23.4 Å². The van der Waals surface area contributed by atoms with Crippen molar-refractivity contribution >= 4 is 0 Å². The summed E-state index contributed by atoms with van der Waals surface area (Å²) >= 11 is 0. The van der Waals surface area contributed by atoms with E-state index in [1.807, 2.05) is 0 Å². The second kappa shape index (κ2) is 2.30. The third-order valence-electron chi connectivity index (χ3n) is 9.87. The molecule has 12 atom stereocenters. The molecular formula is C19H19N. The summed E-state index contributed by atoms with van der Waals surface area (Å²) < 4.78 is 0. The van der Waals surface area contributed by atoms with Gasteiger partial charge in [0.15, 0.2) is 0 Å². The topological polar surface area (TPSA) is 12.9 Å². The molecular weight excluding hydrogens is 242 g/mol. The summed E-state index contributed by atoms with van der Waals surface area (Å²) in [5, 5.41) is 0. The number of hydrogen-bond donors (Lipinski definition) is 0. The average molecular weight is 261 g/mol. The Bertz CT molecular complexity index is 670. The Morgan fingerprint density at radius 1 is 0.850 bits per heavy atom. The molecule has 8 fully saturated rings. The molecule has 0 N–H and O–H groups in total. The zero-order chi connectivity index (χ0) is 12.4. The SMILES string of the molecule is c1ccc(C23C4[C@H]5C[C@@H]2C2C5[C@H]5C6CC([C@@H]45)[C@H]3[C@@H]62)nc1. The largest absolute Gasteiger partial charge is 0.261 e. The van der Waals surface area contributed by atoms with Crippen LogP contribution in [-0.2, 0) is 5.41 Å². The van der Waals surface area contributed by atoms with Crippen molar-refractivity contribution < 1.29 is 0 Å². The molecule has 1 heteroatoms. The lowest BCUT2D eigenvalue weighted by atomic mass is 9.65. The second-order valence-corrected chi connectivity index (χ2v) is 9.16. The molecule has 9 rings (SSSR count). The van der Waals surface area contributed by atoms with Crippen molar-refractivity contribution in [3.8, 4) is 0 Å². The van der Waals surface area contributed by atoms with E-state index < -0.39 is 0 Å². The molecule has 8 saturated carbocycles. The van der Waals surface area contributed by atoms with Gasteiger partial charge in [-0.1, -0.05) is 6.07 Å². The molecule has 6 unspecified atom stereocenters. The first-order valence-electron chi connectivity index (χ1n) is 8.85. The molecule has 100 valence electrons. The van der Waals surface area contributed by atoms with Crippen molar-refractivity contribution in [2.75, 3.05) is 0 Å². The monoisotopic (exact) mass is 261 g/mol. The summed E-state index contributed by atoms with van der Waals surface area (Å²) in [5.41, 5.74) is 2.11. The molecule has 8 aliphatic carbocycles. The third kappa shape index (κ3) is 0.538. The molecule has 0 radical (unpaired) electrons. The summed E-state index contributed by atoms with van der Waals surface area (Å²) in [6, 6.07) is 6.77. The standard InChI is InChI=1S/C19H19N/c1-2-4-20-11(3-1)19-10-6-9-13-12-7-5-8(15(12)18(9)19)17(19)14(7)16(10)13/h1-4,7-10,12-18H,5-6H2/t7?,8?,9-,10+,12+,13?,14-,15+,16?,17-,18?,19?/m0/s1. The first-order chi connectivity index (χ1) is 9.94. The number of rotatable bonds is 1. The van der Waals surface area contributed by atoms with Gasteiger partial charge in [0.1, 0.15) is 0 Å². The van der Waals surface area contributed by atoms with Crippen LogP contribution in [0.15, 0.2) is 24.4 Å². The van der Waals surface area contributed by atoms with Gasteiger partial charge in [0.2, 0.25) is 0 Å². The van der Waals surface area contributed by atoms with Crippen molar-refractivity contribution in [3.05, 3.63) is 30.1 Å². The predicted molar refractivity (Wildman–Crippen MR) is 73.5 cm³/mol. The van der Waals surface area contributed by atoms with Crippen LogP contribution in [0.25, 0.3) is 0 Å². The maximum Gasteiger partial charge on any atom is 0.0474 e. The van der Waals surface area contributed by atoms with Crippen molar-refractivity contribution in [1.29, 1.82) is 0 Å². The van der Waals surface area contributed by atoms with Gasteiger partial charge >= 0.3 is 0 Å². The maximum absolute atomic E-state index is 4.95. The zero-order valence-corrected chi connectivity index (χ0v) is 11.5. The Balaban J connectivity index is 1.55. The molecule has 0 saturated heterocycles. The maximum atomic E-state index is 4.95. The highest BCUT2D eigenvalue weighted by molar-refractivity contribution is 5.47. The van der Waals surface area contributed by atoms with Crippen LogP contribution in [0.3, 0.4) is 0 Å². The van der Waals surface area contributed by atoms with E-state index in [-0.39, 0.29) is 0 Å². The van der Waals surface area contributed by atoms with Crippen LogP contribution in [0, 0.1) is 65.1 Å². The number of nitrogens with zero attached hydrogens (tertiary/aromatic N) is 1. The Morgan fingerprint density at radius 2 is 1.65 bits per heavy atom. The molecule has 1 aromatic heterocycles. The van der Waals surface area contributed by atoms with Crippen molar-refractivity contribution in [3.63, 3.8) is 0 Å². The van der Waals surface area contributed by atoms with Crippen LogP contribution in [0.5, 0.6) is 0 Å². The molecule has 8 aliphatic rings. The van der Waals surface area contributed by atoms with Gasteiger partial charge in [0.05, 0.1) is 0 Å². The van der Waals surface area contributed by atoms with Crippen LogP contribution in [0.4, 0.5) is 0 Å². The lowest BCUT2D eigenvalue weighted by Gasteiger charge is -2.39. The van der Waals surface area contributed by atoms with E-state index >= 15 is 0 Å². The highest BCUT2D eigenvalue weighted by Gasteiger charge is 2.93. The fraction of sp³-hybridized carbons (Fsp3) is 0.737. The minimum atomic E-state index is 0.576. The Hall–Kier alpha value is -0.850. The molecule has 4 bridgehead atoms. The fourth-order valence-corrected chi connectivity index (χ4v) is 10.7. The number of pyridine rings is 1. The van der Waals surface area contributed by atoms with Crippen molar-refractivity contribution in [2.45, 2.75) is 18.3 Å². The van der Waals surface area contributed by atoms with Crippen molar-refractivity contribution in [2.24, 2.45) is 65.1 Å². The summed E-state index contributed by atoms with van der Waals surface area (Å²) in [7, 11) is 0. The highest BCUT2D eigenvalue weighted by atomic mass is 15.0. The Labute approximate surface area is 119 Å². The summed E-state index contributed by atoms with van der Waals surface area (Å²) in [6.07, 6.45) is 5.29. The molecule has 1 aromatic rings. The van der Waals surface area contributed by atoms with Crippen LogP contribution in [-0.4, -0.2) is 4.98 Å². The quantitative estimate of drug-likeness (QED) is 0.757. The van der Waals surface area contributed by atoms with Gasteiger partial charge in [-0.25, -0.2) is 0 Å². The fourth-order valence-electron chi connectivity index (χ4n) is 10.7. The van der Waals surface area contributed by atoms with Gasteiger partial charge in [0.25, 0.3) is 0 Å². The van der Waals surface area contributed by atoms with Gasteiger partial charge in [-0.05, 0) is 90.1 Å². The van der Waals surface area contributed by atoms with Crippen LogP contribution >= 0.6 is 0 Å². The molecule has 20 heavy (non-hydrogen) atoms. The van der Waals surface area contributed by atoms with Gasteiger partial charge in [-0.3, -0.25) is 4.98 Å². The lowest BCUT2D eigenvalue weighted by molar-refractivity contribution is 0.171. The Morgan fingerprint density at radius 3 is 2.50 bits per heavy atom. The average Bonchev–Trinajstić information content (AvgIpc) is 3.20. The zero-order valence-electron chi connectivity index (χ0n) is 11.5. The van der Waals surface area contributed by atoms with Crippen LogP contribution < -0.4 is 0 Å². The lowest BCUT2D eigenvalue weighted by Crippen LogP contribution is -2.40. The van der Waals surface area contributed by atoms with E-state index in [2.05, 4.69) is 24.4 Å². The predicted octanol–water partition coefficient (Wildman–Crippen LogP) is 2.97. The van der Waals surface area contributed by atoms with E-state index in [4.69, 9.17) is 4.98 Å². The Kier molecular flexibility index (Phi) is 1.06. The smallest absolute Gasteiger partial charge is 0.0474 e. The molecule has 0 spiro atoms. The minimum absolute atomic E-state index is 0.576. The van der Waals surface area contributed by atoms with Gasteiger partial charge in [0, 0.05) is 17.3 Å². The van der Waals surface area contributed by atoms with Gasteiger partial charge < -0.3 is 0 Å².